The maximum Gasteiger partial charge on any atom is 0.0772 e. The first kappa shape index (κ1) is 11.7. The molecule has 0 aromatic carbocycles. The van der Waals surface area contributed by atoms with Gasteiger partial charge in [-0.1, -0.05) is 0 Å². The molecule has 0 spiro atoms. The van der Waals surface area contributed by atoms with Gasteiger partial charge in [-0.05, 0) is 26.0 Å². The van der Waals surface area contributed by atoms with Crippen molar-refractivity contribution in [3.8, 4) is 0 Å². The van der Waals surface area contributed by atoms with Gasteiger partial charge in [0.2, 0.25) is 0 Å². The normalized spacial score (nSPS) is 19.8. The zero-order valence-electron chi connectivity index (χ0n) is 9.94. The minimum atomic E-state index is 0.319. The van der Waals surface area contributed by atoms with Crippen LogP contribution in [0.15, 0.2) is 18.3 Å². The average Bonchev–Trinajstić information content (AvgIpc) is 2.27. The van der Waals surface area contributed by atoms with Gasteiger partial charge in [-0.2, -0.15) is 11.8 Å². The van der Waals surface area contributed by atoms with Crippen molar-refractivity contribution in [3.63, 3.8) is 0 Å². The summed E-state index contributed by atoms with van der Waals surface area (Å²) in [6.07, 6.45) is 1.82. The molecule has 0 saturated carbocycles. The summed E-state index contributed by atoms with van der Waals surface area (Å²) in [5.74, 6) is 1.17. The quantitative estimate of drug-likeness (QED) is 0.852. The number of pyridine rings is 1. The third-order valence-corrected chi connectivity index (χ3v) is 4.12. The molecular formula is C12H19N3S. The Morgan fingerprint density at radius 1 is 1.56 bits per heavy atom. The highest BCUT2D eigenvalue weighted by Gasteiger charge is 2.28. The van der Waals surface area contributed by atoms with Crippen molar-refractivity contribution in [3.05, 3.63) is 24.0 Å². The lowest BCUT2D eigenvalue weighted by molar-refractivity contribution is 0.644. The van der Waals surface area contributed by atoms with Crippen molar-refractivity contribution in [2.24, 2.45) is 5.73 Å². The number of anilines is 1. The van der Waals surface area contributed by atoms with E-state index in [1.54, 1.807) is 0 Å². The van der Waals surface area contributed by atoms with Gasteiger partial charge in [-0.25, -0.2) is 0 Å². The van der Waals surface area contributed by atoms with E-state index in [0.717, 1.165) is 18.8 Å². The van der Waals surface area contributed by atoms with Crippen molar-refractivity contribution in [2.75, 3.05) is 23.7 Å². The fourth-order valence-corrected chi connectivity index (χ4v) is 3.21. The molecule has 0 atom stereocenters. The van der Waals surface area contributed by atoms with Gasteiger partial charge >= 0.3 is 0 Å². The Morgan fingerprint density at radius 3 is 3.06 bits per heavy atom. The van der Waals surface area contributed by atoms with E-state index in [-0.39, 0.29) is 0 Å². The molecule has 0 aliphatic carbocycles. The first-order chi connectivity index (χ1) is 7.62. The highest BCUT2D eigenvalue weighted by Crippen LogP contribution is 2.32. The van der Waals surface area contributed by atoms with Gasteiger partial charge in [0.25, 0.3) is 0 Å². The number of nitrogens with two attached hydrogens (primary N) is 1. The molecule has 0 unspecified atom stereocenters. The molecule has 88 valence electrons. The molecule has 1 saturated heterocycles. The van der Waals surface area contributed by atoms with Crippen LogP contribution in [-0.2, 0) is 6.54 Å². The summed E-state index contributed by atoms with van der Waals surface area (Å²) in [7, 11) is 0. The zero-order chi connectivity index (χ0) is 11.6. The second-order valence-corrected chi connectivity index (χ2v) is 6.51. The van der Waals surface area contributed by atoms with E-state index < -0.39 is 0 Å². The van der Waals surface area contributed by atoms with Gasteiger partial charge in [0.05, 0.1) is 11.4 Å². The van der Waals surface area contributed by atoms with E-state index >= 15 is 0 Å². The smallest absolute Gasteiger partial charge is 0.0772 e. The molecule has 16 heavy (non-hydrogen) atoms. The summed E-state index contributed by atoms with van der Waals surface area (Å²) in [6.45, 7) is 7.26. The maximum absolute atomic E-state index is 5.73. The van der Waals surface area contributed by atoms with Crippen molar-refractivity contribution >= 4 is 17.4 Å². The van der Waals surface area contributed by atoms with Crippen LogP contribution in [0.25, 0.3) is 0 Å². The number of aromatic nitrogens is 1. The molecule has 2 heterocycles. The second kappa shape index (κ2) is 4.63. The molecule has 4 heteroatoms. The van der Waals surface area contributed by atoms with Gasteiger partial charge in [0.1, 0.15) is 0 Å². The van der Waals surface area contributed by atoms with E-state index in [4.69, 9.17) is 5.73 Å². The van der Waals surface area contributed by atoms with Crippen LogP contribution in [0, 0.1) is 0 Å². The van der Waals surface area contributed by atoms with E-state index in [1.165, 1.54) is 11.4 Å². The summed E-state index contributed by atoms with van der Waals surface area (Å²) in [6, 6.07) is 4.12. The number of thioether (sulfide) groups is 1. The highest BCUT2D eigenvalue weighted by atomic mass is 32.2. The van der Waals surface area contributed by atoms with Crippen molar-refractivity contribution < 1.29 is 0 Å². The Morgan fingerprint density at radius 2 is 2.38 bits per heavy atom. The van der Waals surface area contributed by atoms with Gasteiger partial charge in [0, 0.05) is 36.3 Å². The van der Waals surface area contributed by atoms with E-state index in [0.29, 0.717) is 11.3 Å². The molecule has 1 fully saturated rings. The Labute approximate surface area is 101 Å². The summed E-state index contributed by atoms with van der Waals surface area (Å²) in [4.78, 5) is 6.76. The SMILES string of the molecule is CC1(C)CN(c2cccnc2CN)CCS1. The fraction of sp³-hybridized carbons (Fsp3) is 0.583. The van der Waals surface area contributed by atoms with Crippen LogP contribution in [0.1, 0.15) is 19.5 Å². The summed E-state index contributed by atoms with van der Waals surface area (Å²) < 4.78 is 0.319. The van der Waals surface area contributed by atoms with Gasteiger partial charge in [-0.15, -0.1) is 0 Å². The predicted octanol–water partition coefficient (Wildman–Crippen LogP) is 1.87. The minimum Gasteiger partial charge on any atom is -0.368 e. The summed E-state index contributed by atoms with van der Waals surface area (Å²) >= 11 is 2.04. The van der Waals surface area contributed by atoms with Crippen LogP contribution in [0.3, 0.4) is 0 Å². The van der Waals surface area contributed by atoms with Crippen molar-refractivity contribution in [1.82, 2.24) is 4.98 Å². The van der Waals surface area contributed by atoms with Gasteiger partial charge < -0.3 is 10.6 Å². The highest BCUT2D eigenvalue weighted by molar-refractivity contribution is 8.00. The van der Waals surface area contributed by atoms with Crippen molar-refractivity contribution in [1.29, 1.82) is 0 Å². The Balaban J connectivity index is 2.23. The molecule has 0 bridgehead atoms. The first-order valence-corrected chi connectivity index (χ1v) is 6.64. The molecule has 1 aromatic rings. The monoisotopic (exact) mass is 237 g/mol. The summed E-state index contributed by atoms with van der Waals surface area (Å²) in [5, 5.41) is 0. The third kappa shape index (κ3) is 2.50. The Hall–Kier alpha value is -0.740. The predicted molar refractivity (Wildman–Crippen MR) is 70.9 cm³/mol. The molecule has 1 aliphatic heterocycles. The number of nitrogens with zero attached hydrogens (tertiary/aromatic N) is 2. The lowest BCUT2D eigenvalue weighted by Crippen LogP contribution is -2.43. The van der Waals surface area contributed by atoms with Crippen LogP contribution in [-0.4, -0.2) is 28.6 Å². The lowest BCUT2D eigenvalue weighted by Gasteiger charge is -2.39. The van der Waals surface area contributed by atoms with Gasteiger partial charge in [0.15, 0.2) is 0 Å². The number of hydrogen-bond acceptors (Lipinski definition) is 4. The van der Waals surface area contributed by atoms with Crippen LogP contribution >= 0.6 is 11.8 Å². The van der Waals surface area contributed by atoms with E-state index in [9.17, 15) is 0 Å². The molecule has 3 nitrogen and oxygen atoms in total. The van der Waals surface area contributed by atoms with Crippen LogP contribution < -0.4 is 10.6 Å². The van der Waals surface area contributed by atoms with E-state index in [2.05, 4.69) is 29.8 Å². The number of hydrogen-bond donors (Lipinski definition) is 1. The Bertz CT molecular complexity index is 365. The molecule has 0 radical (unpaired) electrons. The zero-order valence-corrected chi connectivity index (χ0v) is 10.8. The molecular weight excluding hydrogens is 218 g/mol. The topological polar surface area (TPSA) is 42.2 Å². The second-order valence-electron chi connectivity index (χ2n) is 4.70. The molecule has 2 rings (SSSR count). The Kier molecular flexibility index (Phi) is 3.40. The standard InChI is InChI=1S/C12H19N3S/c1-12(2)9-15(6-7-16-12)11-4-3-5-14-10(11)8-13/h3-5H,6-9,13H2,1-2H3. The molecule has 0 amide bonds. The summed E-state index contributed by atoms with van der Waals surface area (Å²) in [5.41, 5.74) is 7.94. The fourth-order valence-electron chi connectivity index (χ4n) is 2.10. The first-order valence-electron chi connectivity index (χ1n) is 5.65. The minimum absolute atomic E-state index is 0.319. The van der Waals surface area contributed by atoms with Crippen LogP contribution in [0.5, 0.6) is 0 Å². The largest absolute Gasteiger partial charge is 0.368 e. The van der Waals surface area contributed by atoms with Crippen LogP contribution in [0.4, 0.5) is 5.69 Å². The molecule has 1 aliphatic rings. The lowest BCUT2D eigenvalue weighted by atomic mass is 10.1. The maximum atomic E-state index is 5.73. The van der Waals surface area contributed by atoms with Crippen LogP contribution in [0.2, 0.25) is 0 Å². The van der Waals surface area contributed by atoms with E-state index in [1.807, 2.05) is 24.0 Å². The third-order valence-electron chi connectivity index (χ3n) is 2.83. The molecule has 1 aromatic heterocycles. The molecule has 2 N–H and O–H groups in total. The average molecular weight is 237 g/mol. The number of rotatable bonds is 2. The van der Waals surface area contributed by atoms with Crippen molar-refractivity contribution in [2.45, 2.75) is 25.1 Å². The van der Waals surface area contributed by atoms with Gasteiger partial charge in [-0.3, -0.25) is 4.98 Å².